The van der Waals surface area contributed by atoms with Gasteiger partial charge in [0.1, 0.15) is 6.29 Å². The molecule has 0 aromatic carbocycles. The quantitative estimate of drug-likeness (QED) is 0.143. The number of aliphatic hydroxyl groups excluding tert-OH is 3. The van der Waals surface area contributed by atoms with Crippen LogP contribution in [-0.4, -0.2) is 51.6 Å². The third-order valence-corrected chi connectivity index (χ3v) is 8.36. The van der Waals surface area contributed by atoms with Crippen molar-refractivity contribution in [3.8, 4) is 0 Å². The second-order valence-corrected chi connectivity index (χ2v) is 10.9. The fourth-order valence-electron chi connectivity index (χ4n) is 6.39. The highest BCUT2D eigenvalue weighted by Crippen LogP contribution is 2.62. The largest absolute Gasteiger partial charge is 0.396 e. The number of rotatable bonds is 11. The average Bonchev–Trinajstić information content (AvgIpc) is 3.15. The molecule has 0 bridgehead atoms. The molecule has 0 aromatic heterocycles. The van der Waals surface area contributed by atoms with E-state index in [0.717, 1.165) is 35.8 Å². The van der Waals surface area contributed by atoms with Crippen LogP contribution in [-0.2, 0) is 4.79 Å². The predicted octanol–water partition coefficient (Wildman–Crippen LogP) is 4.97. The molecule has 2 fully saturated rings. The maximum Gasteiger partial charge on any atom is 0.145 e. The Morgan fingerprint density at radius 3 is 2.51 bits per heavy atom. The first-order valence-corrected chi connectivity index (χ1v) is 13.0. The third-order valence-electron chi connectivity index (χ3n) is 8.36. The van der Waals surface area contributed by atoms with Crippen molar-refractivity contribution in [2.24, 2.45) is 17.3 Å². The first-order chi connectivity index (χ1) is 16.6. The van der Waals surface area contributed by atoms with Crippen LogP contribution in [0.25, 0.3) is 0 Å². The van der Waals surface area contributed by atoms with Gasteiger partial charge >= 0.3 is 0 Å². The van der Waals surface area contributed by atoms with Crippen molar-refractivity contribution in [1.29, 1.82) is 0 Å². The van der Waals surface area contributed by atoms with E-state index in [4.69, 9.17) is 0 Å². The van der Waals surface area contributed by atoms with Crippen LogP contribution in [0.2, 0.25) is 0 Å². The van der Waals surface area contributed by atoms with Gasteiger partial charge in [-0.25, -0.2) is 0 Å². The molecule has 0 saturated heterocycles. The summed E-state index contributed by atoms with van der Waals surface area (Å²) in [7, 11) is 0. The number of hydrogen-bond donors (Lipinski definition) is 4. The van der Waals surface area contributed by atoms with Crippen LogP contribution in [0, 0.1) is 17.3 Å². The van der Waals surface area contributed by atoms with Crippen molar-refractivity contribution in [2.75, 3.05) is 13.2 Å². The minimum Gasteiger partial charge on any atom is -0.396 e. The molecule has 1 spiro atoms. The van der Waals surface area contributed by atoms with Crippen molar-refractivity contribution >= 4 is 6.29 Å². The third kappa shape index (κ3) is 6.51. The van der Waals surface area contributed by atoms with Gasteiger partial charge in [-0.05, 0) is 96.1 Å². The number of allylic oxidation sites excluding steroid dienone is 8. The maximum atomic E-state index is 11.8. The number of aldehydes is 1. The summed E-state index contributed by atoms with van der Waals surface area (Å²) in [5.41, 5.74) is 2.71. The Hall–Kier alpha value is -1.79. The fourth-order valence-corrected chi connectivity index (χ4v) is 6.39. The monoisotopic (exact) mass is 486 g/mol. The van der Waals surface area contributed by atoms with Gasteiger partial charge in [0.05, 0.1) is 18.3 Å². The summed E-state index contributed by atoms with van der Waals surface area (Å²) in [6.45, 7) is 11.7. The molecule has 2 saturated carbocycles. The standard InChI is InChI=1S/C30H46O5/c1-21(2)9-6-10-22(3)11-7-12-24(20-33)26-15-17-30(28(26)34)27(13-8-18-31)25(23(4)19-32)14-16-29(30,5)35/h7,9,11-12,19,26-28,31,33-35H,3,6,8,10,13-18,20H2,1-2,4-5H3/b11-7?,24-12?,25-23-/t26-,27+,28-,29-,30-/m0/s1. The van der Waals surface area contributed by atoms with Gasteiger partial charge in [0.15, 0.2) is 0 Å². The molecule has 0 unspecified atom stereocenters. The van der Waals surface area contributed by atoms with E-state index < -0.39 is 17.1 Å². The minimum atomic E-state index is -1.12. The van der Waals surface area contributed by atoms with E-state index >= 15 is 0 Å². The van der Waals surface area contributed by atoms with Gasteiger partial charge in [-0.1, -0.05) is 47.6 Å². The molecule has 0 radical (unpaired) electrons. The molecule has 0 heterocycles. The highest BCUT2D eigenvalue weighted by atomic mass is 16.3. The molecule has 5 atom stereocenters. The van der Waals surface area contributed by atoms with E-state index in [-0.39, 0.29) is 25.0 Å². The van der Waals surface area contributed by atoms with E-state index in [1.54, 1.807) is 13.8 Å². The molecule has 0 aromatic rings. The molecule has 2 aliphatic carbocycles. The van der Waals surface area contributed by atoms with Gasteiger partial charge in [-0.15, -0.1) is 0 Å². The fraction of sp³-hybridized carbons (Fsp3) is 0.633. The van der Waals surface area contributed by atoms with E-state index in [2.05, 4.69) is 26.5 Å². The molecule has 0 aliphatic heterocycles. The van der Waals surface area contributed by atoms with Crippen molar-refractivity contribution in [3.05, 3.63) is 58.7 Å². The Bertz CT molecular complexity index is 871. The van der Waals surface area contributed by atoms with Gasteiger partial charge in [-0.3, -0.25) is 4.79 Å². The zero-order valence-corrected chi connectivity index (χ0v) is 22.1. The number of aliphatic hydroxyl groups is 4. The smallest absolute Gasteiger partial charge is 0.145 e. The van der Waals surface area contributed by atoms with Crippen LogP contribution < -0.4 is 0 Å². The lowest BCUT2D eigenvalue weighted by Crippen LogP contribution is -2.59. The summed E-state index contributed by atoms with van der Waals surface area (Å²) in [4.78, 5) is 11.7. The average molecular weight is 487 g/mol. The van der Waals surface area contributed by atoms with Crippen molar-refractivity contribution in [1.82, 2.24) is 0 Å². The van der Waals surface area contributed by atoms with Crippen LogP contribution in [0.3, 0.4) is 0 Å². The normalized spacial score (nSPS) is 32.8. The summed E-state index contributed by atoms with van der Waals surface area (Å²) in [6, 6.07) is 0. The molecule has 5 nitrogen and oxygen atoms in total. The van der Waals surface area contributed by atoms with Crippen molar-refractivity contribution < 1.29 is 25.2 Å². The lowest BCUT2D eigenvalue weighted by Gasteiger charge is -2.55. The van der Waals surface area contributed by atoms with Crippen LogP contribution in [0.4, 0.5) is 0 Å². The zero-order chi connectivity index (χ0) is 26.2. The molecule has 5 heteroatoms. The van der Waals surface area contributed by atoms with Gasteiger partial charge in [0.2, 0.25) is 0 Å². The second-order valence-electron chi connectivity index (χ2n) is 10.9. The molecule has 2 rings (SSSR count). The Morgan fingerprint density at radius 2 is 1.91 bits per heavy atom. The number of carbonyl (C=O) groups is 1. The van der Waals surface area contributed by atoms with Gasteiger partial charge in [0, 0.05) is 17.9 Å². The van der Waals surface area contributed by atoms with Gasteiger partial charge < -0.3 is 20.4 Å². The van der Waals surface area contributed by atoms with Gasteiger partial charge in [-0.2, -0.15) is 0 Å². The highest BCUT2D eigenvalue weighted by Gasteiger charge is 2.63. The van der Waals surface area contributed by atoms with Crippen LogP contribution in [0.1, 0.15) is 79.1 Å². The molecule has 35 heavy (non-hydrogen) atoms. The topological polar surface area (TPSA) is 98.0 Å². The SMILES string of the molecule is C=C(C=CC=C(CO)[C@@H]1CC[C@]2([C@H](CCCO)/C(=C(/C)C=O)CC[C@]2(C)O)[C@H]1O)CCC=C(C)C. The predicted molar refractivity (Wildman–Crippen MR) is 142 cm³/mol. The molecule has 0 amide bonds. The van der Waals surface area contributed by atoms with Crippen LogP contribution >= 0.6 is 0 Å². The Balaban J connectivity index is 2.35. The van der Waals surface area contributed by atoms with Crippen LogP contribution in [0.15, 0.2) is 58.7 Å². The Morgan fingerprint density at radius 1 is 1.20 bits per heavy atom. The Labute approximate surface area is 211 Å². The van der Waals surface area contributed by atoms with E-state index in [1.807, 2.05) is 18.2 Å². The van der Waals surface area contributed by atoms with Crippen molar-refractivity contribution in [2.45, 2.75) is 90.8 Å². The highest BCUT2D eigenvalue weighted by molar-refractivity contribution is 5.74. The summed E-state index contributed by atoms with van der Waals surface area (Å²) in [5.74, 6) is -0.489. The maximum absolute atomic E-state index is 11.8. The summed E-state index contributed by atoms with van der Waals surface area (Å²) < 4.78 is 0. The number of hydrogen-bond acceptors (Lipinski definition) is 5. The van der Waals surface area contributed by atoms with Crippen molar-refractivity contribution in [3.63, 3.8) is 0 Å². The van der Waals surface area contributed by atoms with E-state index in [9.17, 15) is 25.2 Å². The zero-order valence-electron chi connectivity index (χ0n) is 22.1. The summed E-state index contributed by atoms with van der Waals surface area (Å²) in [6.07, 6.45) is 13.1. The minimum absolute atomic E-state index is 0.0196. The lowest BCUT2D eigenvalue weighted by atomic mass is 9.52. The summed E-state index contributed by atoms with van der Waals surface area (Å²) >= 11 is 0. The Kier molecular flexibility index (Phi) is 10.9. The second kappa shape index (κ2) is 13.0. The molecule has 196 valence electrons. The van der Waals surface area contributed by atoms with E-state index in [0.29, 0.717) is 44.1 Å². The number of carbonyl (C=O) groups excluding carboxylic acids is 1. The first-order valence-electron chi connectivity index (χ1n) is 13.0. The lowest BCUT2D eigenvalue weighted by molar-refractivity contribution is -0.167. The van der Waals surface area contributed by atoms with Crippen LogP contribution in [0.5, 0.6) is 0 Å². The van der Waals surface area contributed by atoms with E-state index in [1.165, 1.54) is 5.57 Å². The molecular formula is C30H46O5. The molecule has 4 N–H and O–H groups in total. The molecule has 2 aliphatic rings. The first kappa shape index (κ1) is 29.4. The van der Waals surface area contributed by atoms with Gasteiger partial charge in [0.25, 0.3) is 0 Å². The summed E-state index contributed by atoms with van der Waals surface area (Å²) in [5, 5.41) is 43.1. The molecular weight excluding hydrogens is 440 g/mol.